The maximum absolute atomic E-state index is 6.21. The summed E-state index contributed by atoms with van der Waals surface area (Å²) in [6, 6.07) is 8.21. The standard InChI is InChI=1S/C18H22N6/c1-12-5-3-4-6-13(12)15-16-17(23-22-15)21-14(11-20-16)24-9-7-18(2,19)8-10-24/h3-6,11H,7-10,19H2,1-2H3,(H,21,22,23). The lowest BCUT2D eigenvalue weighted by Crippen LogP contribution is -2.48. The van der Waals surface area contributed by atoms with Crippen molar-refractivity contribution in [3.05, 3.63) is 36.0 Å². The molecule has 0 bridgehead atoms. The lowest BCUT2D eigenvalue weighted by Gasteiger charge is -2.37. The molecule has 24 heavy (non-hydrogen) atoms. The van der Waals surface area contributed by atoms with Crippen LogP contribution in [0.3, 0.4) is 0 Å². The third-order valence-electron chi connectivity index (χ3n) is 4.90. The highest BCUT2D eigenvalue weighted by atomic mass is 15.2. The molecule has 124 valence electrons. The molecule has 1 aliphatic rings. The number of hydrogen-bond acceptors (Lipinski definition) is 5. The summed E-state index contributed by atoms with van der Waals surface area (Å²) in [5.74, 6) is 0.876. The third-order valence-corrected chi connectivity index (χ3v) is 4.90. The molecule has 1 fully saturated rings. The Balaban J connectivity index is 1.68. The number of aromatic nitrogens is 4. The van der Waals surface area contributed by atoms with Crippen molar-refractivity contribution in [3.63, 3.8) is 0 Å². The van der Waals surface area contributed by atoms with Crippen LogP contribution in [0, 0.1) is 6.92 Å². The summed E-state index contributed by atoms with van der Waals surface area (Å²) in [6.45, 7) is 6.01. The van der Waals surface area contributed by atoms with Gasteiger partial charge in [-0.3, -0.25) is 5.10 Å². The number of benzene rings is 1. The highest BCUT2D eigenvalue weighted by Crippen LogP contribution is 2.28. The van der Waals surface area contributed by atoms with Crippen LogP contribution in [0.2, 0.25) is 0 Å². The van der Waals surface area contributed by atoms with Gasteiger partial charge in [-0.15, -0.1) is 0 Å². The fraction of sp³-hybridized carbons (Fsp3) is 0.389. The molecule has 2 aromatic heterocycles. The highest BCUT2D eigenvalue weighted by molar-refractivity contribution is 5.88. The van der Waals surface area contributed by atoms with E-state index in [2.05, 4.69) is 46.1 Å². The number of anilines is 1. The number of piperidine rings is 1. The van der Waals surface area contributed by atoms with E-state index in [4.69, 9.17) is 10.7 Å². The van der Waals surface area contributed by atoms with E-state index in [0.717, 1.165) is 48.5 Å². The molecule has 6 nitrogen and oxygen atoms in total. The zero-order chi connectivity index (χ0) is 16.7. The Kier molecular flexibility index (Phi) is 3.49. The number of nitrogens with one attached hydrogen (secondary N) is 1. The van der Waals surface area contributed by atoms with Gasteiger partial charge in [-0.1, -0.05) is 24.3 Å². The van der Waals surface area contributed by atoms with Crippen molar-refractivity contribution in [2.24, 2.45) is 5.73 Å². The minimum atomic E-state index is -0.0711. The maximum atomic E-state index is 6.21. The summed E-state index contributed by atoms with van der Waals surface area (Å²) in [6.07, 6.45) is 3.77. The highest BCUT2D eigenvalue weighted by Gasteiger charge is 2.27. The fourth-order valence-electron chi connectivity index (χ4n) is 3.23. The number of nitrogens with two attached hydrogens (primary N) is 1. The van der Waals surface area contributed by atoms with E-state index in [9.17, 15) is 0 Å². The van der Waals surface area contributed by atoms with Crippen LogP contribution in [0.1, 0.15) is 25.3 Å². The van der Waals surface area contributed by atoms with Crippen LogP contribution < -0.4 is 10.6 Å². The van der Waals surface area contributed by atoms with Gasteiger partial charge >= 0.3 is 0 Å². The molecule has 0 aliphatic carbocycles. The predicted molar refractivity (Wildman–Crippen MR) is 95.9 cm³/mol. The van der Waals surface area contributed by atoms with Crippen molar-refractivity contribution < 1.29 is 0 Å². The predicted octanol–water partition coefficient (Wildman–Crippen LogP) is 2.65. The lowest BCUT2D eigenvalue weighted by molar-refractivity contribution is 0.363. The van der Waals surface area contributed by atoms with Gasteiger partial charge in [0.1, 0.15) is 11.3 Å². The van der Waals surface area contributed by atoms with Gasteiger partial charge in [0.2, 0.25) is 5.65 Å². The van der Waals surface area contributed by atoms with E-state index >= 15 is 0 Å². The SMILES string of the molecule is Cc1ccccc1-c1[nH]nc2nc(N3CCC(C)(N)CC3)cnc12. The topological polar surface area (TPSA) is 83.7 Å². The van der Waals surface area contributed by atoms with Gasteiger partial charge in [0.25, 0.3) is 0 Å². The van der Waals surface area contributed by atoms with Crippen molar-refractivity contribution in [1.82, 2.24) is 20.2 Å². The van der Waals surface area contributed by atoms with E-state index in [0.29, 0.717) is 5.65 Å². The number of fused-ring (bicyclic) bond motifs is 1. The van der Waals surface area contributed by atoms with E-state index in [1.54, 1.807) is 0 Å². The molecule has 3 N–H and O–H groups in total. The average Bonchev–Trinajstić information content (AvgIpc) is 2.98. The van der Waals surface area contributed by atoms with E-state index in [1.165, 1.54) is 5.56 Å². The zero-order valence-corrected chi connectivity index (χ0v) is 14.1. The van der Waals surface area contributed by atoms with Gasteiger partial charge in [0.05, 0.1) is 11.9 Å². The van der Waals surface area contributed by atoms with E-state index in [-0.39, 0.29) is 5.54 Å². The van der Waals surface area contributed by atoms with Gasteiger partial charge in [0, 0.05) is 24.2 Å². The summed E-state index contributed by atoms with van der Waals surface area (Å²) >= 11 is 0. The molecule has 0 saturated carbocycles. The summed E-state index contributed by atoms with van der Waals surface area (Å²) in [5.41, 5.74) is 10.8. The monoisotopic (exact) mass is 322 g/mol. The molecule has 3 aromatic rings. The second-order valence-corrected chi connectivity index (χ2v) is 6.96. The minimum absolute atomic E-state index is 0.0711. The molecule has 0 spiro atoms. The minimum Gasteiger partial charge on any atom is -0.355 e. The molecule has 0 atom stereocenters. The molecule has 1 aromatic carbocycles. The van der Waals surface area contributed by atoms with Gasteiger partial charge < -0.3 is 10.6 Å². The molecule has 6 heteroatoms. The van der Waals surface area contributed by atoms with E-state index < -0.39 is 0 Å². The van der Waals surface area contributed by atoms with Gasteiger partial charge in [-0.05, 0) is 32.3 Å². The second-order valence-electron chi connectivity index (χ2n) is 6.96. The van der Waals surface area contributed by atoms with E-state index in [1.807, 2.05) is 18.3 Å². The van der Waals surface area contributed by atoms with Crippen LogP contribution in [0.25, 0.3) is 22.4 Å². The van der Waals surface area contributed by atoms with Crippen LogP contribution in [0.15, 0.2) is 30.5 Å². The first-order valence-electron chi connectivity index (χ1n) is 8.34. The number of rotatable bonds is 2. The summed E-state index contributed by atoms with van der Waals surface area (Å²) in [4.78, 5) is 11.6. The molecule has 1 saturated heterocycles. The Morgan fingerprint density at radius 2 is 1.96 bits per heavy atom. The number of aryl methyl sites for hydroxylation is 1. The molecule has 0 amide bonds. The molecule has 1 aliphatic heterocycles. The Labute approximate surface area is 141 Å². The Morgan fingerprint density at radius 1 is 1.21 bits per heavy atom. The van der Waals surface area contributed by atoms with Gasteiger partial charge in [-0.2, -0.15) is 5.10 Å². The molecular weight excluding hydrogens is 300 g/mol. The fourth-order valence-corrected chi connectivity index (χ4v) is 3.23. The smallest absolute Gasteiger partial charge is 0.202 e. The first-order chi connectivity index (χ1) is 11.5. The van der Waals surface area contributed by atoms with Crippen molar-refractivity contribution in [3.8, 4) is 11.3 Å². The Hall–Kier alpha value is -2.47. The van der Waals surface area contributed by atoms with Crippen molar-refractivity contribution >= 4 is 17.0 Å². The van der Waals surface area contributed by atoms with Crippen molar-refractivity contribution in [1.29, 1.82) is 0 Å². The molecule has 4 rings (SSSR count). The van der Waals surface area contributed by atoms with Gasteiger partial charge in [0.15, 0.2) is 0 Å². The summed E-state index contributed by atoms with van der Waals surface area (Å²) < 4.78 is 0. The third kappa shape index (κ3) is 2.63. The quantitative estimate of drug-likeness (QED) is 0.758. The van der Waals surface area contributed by atoms with Crippen LogP contribution in [-0.4, -0.2) is 38.8 Å². The summed E-state index contributed by atoms with van der Waals surface area (Å²) in [7, 11) is 0. The average molecular weight is 322 g/mol. The normalized spacial score (nSPS) is 17.4. The van der Waals surface area contributed by atoms with Crippen LogP contribution in [0.4, 0.5) is 5.82 Å². The van der Waals surface area contributed by atoms with Crippen molar-refractivity contribution in [2.75, 3.05) is 18.0 Å². The second kappa shape index (κ2) is 5.56. The van der Waals surface area contributed by atoms with Crippen molar-refractivity contribution in [2.45, 2.75) is 32.2 Å². The Morgan fingerprint density at radius 3 is 2.71 bits per heavy atom. The molecule has 0 radical (unpaired) electrons. The largest absolute Gasteiger partial charge is 0.355 e. The van der Waals surface area contributed by atoms with Crippen LogP contribution in [0.5, 0.6) is 0 Å². The maximum Gasteiger partial charge on any atom is 0.202 e. The summed E-state index contributed by atoms with van der Waals surface area (Å²) in [5, 5.41) is 7.47. The molecular formula is C18H22N6. The van der Waals surface area contributed by atoms with Crippen LogP contribution >= 0.6 is 0 Å². The first-order valence-corrected chi connectivity index (χ1v) is 8.34. The van der Waals surface area contributed by atoms with Crippen LogP contribution in [-0.2, 0) is 0 Å². The number of aromatic amines is 1. The number of hydrogen-bond donors (Lipinski definition) is 2. The number of nitrogens with zero attached hydrogens (tertiary/aromatic N) is 4. The lowest BCUT2D eigenvalue weighted by atomic mass is 9.91. The van der Waals surface area contributed by atoms with Gasteiger partial charge in [-0.25, -0.2) is 9.97 Å². The molecule has 0 unspecified atom stereocenters. The first kappa shape index (κ1) is 15.1. The Bertz CT molecular complexity index is 872. The molecule has 3 heterocycles. The zero-order valence-electron chi connectivity index (χ0n) is 14.1. The number of H-pyrrole nitrogens is 1.